The molecule has 2 aromatic carbocycles. The molecule has 2 aromatic rings. The zero-order valence-corrected chi connectivity index (χ0v) is 10.6. The predicted molar refractivity (Wildman–Crippen MR) is 72.8 cm³/mol. The smallest absolute Gasteiger partial charge is 0.417 e. The number of ether oxygens (including phenoxy) is 1. The molecule has 0 bridgehead atoms. The molecule has 0 saturated heterocycles. The lowest BCUT2D eigenvalue weighted by Crippen LogP contribution is -2.18. The second-order valence-electron chi connectivity index (χ2n) is 4.01. The molecule has 0 saturated carbocycles. The molecule has 0 unspecified atom stereocenters. The maximum absolute atomic E-state index is 11.7. The summed E-state index contributed by atoms with van der Waals surface area (Å²) in [6.45, 7) is 0. The van der Waals surface area contributed by atoms with Gasteiger partial charge in [0.05, 0.1) is 5.69 Å². The molecule has 7 heteroatoms. The number of carboxylic acids is 1. The minimum Gasteiger partial charge on any atom is -0.508 e. The molecular formula is C14H11NO6. The van der Waals surface area contributed by atoms with E-state index < -0.39 is 23.4 Å². The lowest BCUT2D eigenvalue weighted by molar-refractivity contribution is 0.0695. The van der Waals surface area contributed by atoms with Crippen LogP contribution in [-0.4, -0.2) is 27.4 Å². The number of carbonyl (C=O) groups is 2. The Morgan fingerprint density at radius 3 is 2.29 bits per heavy atom. The third-order valence-corrected chi connectivity index (χ3v) is 2.54. The molecule has 4 N–H and O–H groups in total. The van der Waals surface area contributed by atoms with Crippen LogP contribution in [0.4, 0.5) is 10.5 Å². The number of anilines is 1. The number of hydrogen-bond acceptors (Lipinski definition) is 5. The number of amides is 1. The predicted octanol–water partition coefficient (Wildman–Crippen LogP) is 2.41. The summed E-state index contributed by atoms with van der Waals surface area (Å²) in [5, 5.41) is 29.8. The molecular weight excluding hydrogens is 278 g/mol. The first-order valence-corrected chi connectivity index (χ1v) is 5.80. The molecule has 0 aliphatic carbocycles. The van der Waals surface area contributed by atoms with Crippen LogP contribution in [0.1, 0.15) is 10.4 Å². The number of aromatic hydroxyl groups is 2. The van der Waals surface area contributed by atoms with Gasteiger partial charge in [0.1, 0.15) is 22.8 Å². The molecule has 21 heavy (non-hydrogen) atoms. The van der Waals surface area contributed by atoms with Gasteiger partial charge in [-0.25, -0.2) is 9.59 Å². The number of rotatable bonds is 3. The van der Waals surface area contributed by atoms with Crippen molar-refractivity contribution < 1.29 is 29.6 Å². The van der Waals surface area contributed by atoms with Crippen molar-refractivity contribution in [3.05, 3.63) is 48.0 Å². The fourth-order valence-corrected chi connectivity index (χ4v) is 1.63. The molecule has 0 aliphatic rings. The fraction of sp³-hybridized carbons (Fsp3) is 0. The van der Waals surface area contributed by atoms with Gasteiger partial charge >= 0.3 is 12.1 Å². The highest BCUT2D eigenvalue weighted by Crippen LogP contribution is 2.25. The van der Waals surface area contributed by atoms with Crippen molar-refractivity contribution in [1.29, 1.82) is 0 Å². The maximum atomic E-state index is 11.7. The molecule has 1 amide bonds. The van der Waals surface area contributed by atoms with E-state index in [0.29, 0.717) is 0 Å². The highest BCUT2D eigenvalue weighted by atomic mass is 16.6. The summed E-state index contributed by atoms with van der Waals surface area (Å²) in [6.07, 6.45) is -0.922. The first kappa shape index (κ1) is 14.2. The van der Waals surface area contributed by atoms with Crippen LogP contribution in [0.25, 0.3) is 0 Å². The first-order chi connectivity index (χ1) is 9.97. The average Bonchev–Trinajstić information content (AvgIpc) is 2.41. The van der Waals surface area contributed by atoms with Crippen molar-refractivity contribution >= 4 is 17.7 Å². The molecule has 2 rings (SSSR count). The maximum Gasteiger partial charge on any atom is 0.417 e. The van der Waals surface area contributed by atoms with Gasteiger partial charge in [0, 0.05) is 0 Å². The summed E-state index contributed by atoms with van der Waals surface area (Å²) in [4.78, 5) is 22.7. The molecule has 0 aliphatic heterocycles. The Balaban J connectivity index is 2.15. The summed E-state index contributed by atoms with van der Waals surface area (Å²) in [7, 11) is 0. The van der Waals surface area contributed by atoms with E-state index in [1.165, 1.54) is 42.5 Å². The number of carboxylic acid groups (broad SMARTS) is 1. The highest BCUT2D eigenvalue weighted by Gasteiger charge is 2.17. The van der Waals surface area contributed by atoms with Crippen LogP contribution in [0.2, 0.25) is 0 Å². The molecule has 0 atom stereocenters. The van der Waals surface area contributed by atoms with E-state index in [9.17, 15) is 14.7 Å². The van der Waals surface area contributed by atoms with Gasteiger partial charge < -0.3 is 20.1 Å². The monoisotopic (exact) mass is 289 g/mol. The van der Waals surface area contributed by atoms with Crippen molar-refractivity contribution in [2.45, 2.75) is 0 Å². The Labute approximate surface area is 119 Å². The van der Waals surface area contributed by atoms with Gasteiger partial charge in [-0.1, -0.05) is 6.07 Å². The highest BCUT2D eigenvalue weighted by molar-refractivity contribution is 6.01. The number of carbonyl (C=O) groups excluding carboxylic acids is 1. The summed E-state index contributed by atoms with van der Waals surface area (Å²) >= 11 is 0. The van der Waals surface area contributed by atoms with Gasteiger partial charge in [-0.05, 0) is 36.4 Å². The first-order valence-electron chi connectivity index (χ1n) is 5.80. The second-order valence-corrected chi connectivity index (χ2v) is 4.01. The third-order valence-electron chi connectivity index (χ3n) is 2.54. The molecule has 0 heterocycles. The number of hydrogen-bond donors (Lipinski definition) is 4. The van der Waals surface area contributed by atoms with E-state index in [1.54, 1.807) is 0 Å². The van der Waals surface area contributed by atoms with Gasteiger partial charge in [-0.2, -0.15) is 0 Å². The molecule has 0 fully saturated rings. The summed E-state index contributed by atoms with van der Waals surface area (Å²) < 4.78 is 4.91. The Kier molecular flexibility index (Phi) is 3.94. The van der Waals surface area contributed by atoms with E-state index in [0.717, 1.165) is 0 Å². The van der Waals surface area contributed by atoms with Crippen LogP contribution < -0.4 is 10.1 Å². The van der Waals surface area contributed by atoms with Crippen molar-refractivity contribution in [1.82, 2.24) is 0 Å². The van der Waals surface area contributed by atoms with Gasteiger partial charge in [0.25, 0.3) is 0 Å². The standard InChI is InChI=1S/C14H11NO6/c16-8-4-6-9(7-5-8)21-14(20)15-10-2-1-3-11(17)12(10)13(18)19/h1-7,16-17H,(H,15,20)(H,18,19). The van der Waals surface area contributed by atoms with Gasteiger partial charge in [-0.15, -0.1) is 0 Å². The van der Waals surface area contributed by atoms with E-state index in [1.807, 2.05) is 0 Å². The summed E-state index contributed by atoms with van der Waals surface area (Å²) in [6, 6.07) is 9.31. The normalized spacial score (nSPS) is 9.90. The van der Waals surface area contributed by atoms with Crippen molar-refractivity contribution in [2.24, 2.45) is 0 Å². The van der Waals surface area contributed by atoms with Crippen molar-refractivity contribution in [2.75, 3.05) is 5.32 Å². The number of aromatic carboxylic acids is 1. The van der Waals surface area contributed by atoms with E-state index in [4.69, 9.17) is 14.9 Å². The molecule has 108 valence electrons. The Morgan fingerprint density at radius 2 is 1.67 bits per heavy atom. The Hall–Kier alpha value is -3.22. The fourth-order valence-electron chi connectivity index (χ4n) is 1.63. The van der Waals surface area contributed by atoms with Gasteiger partial charge in [-0.3, -0.25) is 5.32 Å². The number of phenols is 2. The lowest BCUT2D eigenvalue weighted by Gasteiger charge is -2.10. The van der Waals surface area contributed by atoms with Crippen LogP contribution in [0.15, 0.2) is 42.5 Å². The van der Waals surface area contributed by atoms with Gasteiger partial charge in [0.2, 0.25) is 0 Å². The molecule has 0 aromatic heterocycles. The zero-order chi connectivity index (χ0) is 15.4. The topological polar surface area (TPSA) is 116 Å². The van der Waals surface area contributed by atoms with Crippen LogP contribution in [-0.2, 0) is 0 Å². The van der Waals surface area contributed by atoms with E-state index >= 15 is 0 Å². The van der Waals surface area contributed by atoms with Crippen LogP contribution in [0, 0.1) is 0 Å². The summed E-state index contributed by atoms with van der Waals surface area (Å²) in [5.41, 5.74) is -0.522. The zero-order valence-electron chi connectivity index (χ0n) is 10.6. The number of phenolic OH excluding ortho intramolecular Hbond substituents is 1. The minimum atomic E-state index is -1.38. The second kappa shape index (κ2) is 5.83. The number of nitrogens with one attached hydrogen (secondary N) is 1. The number of benzene rings is 2. The lowest BCUT2D eigenvalue weighted by atomic mass is 10.1. The molecule has 0 spiro atoms. The van der Waals surface area contributed by atoms with Crippen molar-refractivity contribution in [3.8, 4) is 17.2 Å². The molecule has 7 nitrogen and oxygen atoms in total. The summed E-state index contributed by atoms with van der Waals surface area (Å²) in [5.74, 6) is -1.66. The largest absolute Gasteiger partial charge is 0.508 e. The van der Waals surface area contributed by atoms with Crippen LogP contribution in [0.5, 0.6) is 17.2 Å². The Morgan fingerprint density at radius 1 is 1.00 bits per heavy atom. The molecule has 0 radical (unpaired) electrons. The van der Waals surface area contributed by atoms with Gasteiger partial charge in [0.15, 0.2) is 0 Å². The quantitative estimate of drug-likeness (QED) is 0.689. The average molecular weight is 289 g/mol. The van der Waals surface area contributed by atoms with Crippen molar-refractivity contribution in [3.63, 3.8) is 0 Å². The van der Waals surface area contributed by atoms with Crippen LogP contribution >= 0.6 is 0 Å². The SMILES string of the molecule is O=C(Nc1cccc(O)c1C(=O)O)Oc1ccc(O)cc1. The van der Waals surface area contributed by atoms with E-state index in [-0.39, 0.29) is 17.2 Å². The Bertz CT molecular complexity index is 680. The third kappa shape index (κ3) is 3.41. The van der Waals surface area contributed by atoms with E-state index in [2.05, 4.69) is 5.32 Å². The minimum absolute atomic E-state index is 0.0175. The van der Waals surface area contributed by atoms with Crippen LogP contribution in [0.3, 0.4) is 0 Å².